The van der Waals surface area contributed by atoms with E-state index in [1.807, 2.05) is 30.3 Å². The number of fused-ring (bicyclic) bond motifs is 1. The Morgan fingerprint density at radius 1 is 1.17 bits per heavy atom. The molecule has 1 unspecified atom stereocenters. The van der Waals surface area contributed by atoms with Crippen LogP contribution in [0.2, 0.25) is 0 Å². The highest BCUT2D eigenvalue weighted by Crippen LogP contribution is 2.16. The standard InChI is InChI=1S/C18H17FN2O2/c19-14-6-7-16-13(9-14)10-17(21-16)18(23)20-11-15(22)8-12-4-2-1-3-5-12/h1-7,9-10,15,21-22H,8,11H2,(H,20,23). The topological polar surface area (TPSA) is 65.1 Å². The summed E-state index contributed by atoms with van der Waals surface area (Å²) in [5.74, 6) is -0.671. The molecule has 23 heavy (non-hydrogen) atoms. The van der Waals surface area contributed by atoms with Crippen molar-refractivity contribution in [3.05, 3.63) is 71.7 Å². The second kappa shape index (κ2) is 6.62. The van der Waals surface area contributed by atoms with Crippen LogP contribution >= 0.6 is 0 Å². The first-order chi connectivity index (χ1) is 11.1. The van der Waals surface area contributed by atoms with Crippen LogP contribution in [0.15, 0.2) is 54.6 Å². The molecule has 1 amide bonds. The Labute approximate surface area is 133 Å². The third kappa shape index (κ3) is 3.76. The number of nitrogens with one attached hydrogen (secondary N) is 2. The van der Waals surface area contributed by atoms with Crippen LogP contribution in [0.25, 0.3) is 10.9 Å². The average molecular weight is 312 g/mol. The summed E-state index contributed by atoms with van der Waals surface area (Å²) in [5.41, 5.74) is 2.05. The van der Waals surface area contributed by atoms with Crippen molar-refractivity contribution < 1.29 is 14.3 Å². The highest BCUT2D eigenvalue weighted by atomic mass is 19.1. The Morgan fingerprint density at radius 3 is 2.74 bits per heavy atom. The van der Waals surface area contributed by atoms with Crippen molar-refractivity contribution in [1.29, 1.82) is 0 Å². The molecule has 0 aliphatic carbocycles. The van der Waals surface area contributed by atoms with Crippen LogP contribution in [0, 0.1) is 5.82 Å². The molecule has 0 aliphatic rings. The number of amides is 1. The summed E-state index contributed by atoms with van der Waals surface area (Å²) in [6.07, 6.45) is -0.192. The van der Waals surface area contributed by atoms with Crippen LogP contribution in [-0.4, -0.2) is 28.6 Å². The van der Waals surface area contributed by atoms with E-state index in [1.165, 1.54) is 12.1 Å². The lowest BCUT2D eigenvalue weighted by Crippen LogP contribution is -2.33. The minimum atomic E-state index is -0.664. The fraction of sp³-hybridized carbons (Fsp3) is 0.167. The van der Waals surface area contributed by atoms with E-state index >= 15 is 0 Å². The van der Waals surface area contributed by atoms with E-state index in [0.717, 1.165) is 5.56 Å². The van der Waals surface area contributed by atoms with Gasteiger partial charge in [0.15, 0.2) is 0 Å². The molecule has 0 fully saturated rings. The molecule has 4 nitrogen and oxygen atoms in total. The molecular weight excluding hydrogens is 295 g/mol. The van der Waals surface area contributed by atoms with Crippen molar-refractivity contribution in [3.8, 4) is 0 Å². The second-order valence-corrected chi connectivity index (χ2v) is 5.47. The summed E-state index contributed by atoms with van der Waals surface area (Å²) < 4.78 is 13.2. The van der Waals surface area contributed by atoms with Gasteiger partial charge in [-0.25, -0.2) is 4.39 Å². The Bertz CT molecular complexity index is 814. The number of rotatable bonds is 5. The van der Waals surface area contributed by atoms with Gasteiger partial charge >= 0.3 is 0 Å². The van der Waals surface area contributed by atoms with Gasteiger partial charge in [0.05, 0.1) is 6.10 Å². The fourth-order valence-electron chi connectivity index (χ4n) is 2.49. The summed E-state index contributed by atoms with van der Waals surface area (Å²) in [6.45, 7) is 0.150. The second-order valence-electron chi connectivity index (χ2n) is 5.47. The van der Waals surface area contributed by atoms with Gasteiger partial charge in [0, 0.05) is 23.9 Å². The maximum Gasteiger partial charge on any atom is 0.267 e. The molecule has 0 bridgehead atoms. The molecule has 3 rings (SSSR count). The minimum absolute atomic E-state index is 0.150. The van der Waals surface area contributed by atoms with Crippen molar-refractivity contribution >= 4 is 16.8 Å². The first-order valence-corrected chi connectivity index (χ1v) is 7.40. The van der Waals surface area contributed by atoms with Crippen molar-refractivity contribution in [2.75, 3.05) is 6.54 Å². The molecule has 3 aromatic rings. The highest BCUT2D eigenvalue weighted by Gasteiger charge is 2.12. The van der Waals surface area contributed by atoms with Gasteiger partial charge in [-0.3, -0.25) is 4.79 Å². The van der Waals surface area contributed by atoms with Crippen LogP contribution in [0.1, 0.15) is 16.1 Å². The molecule has 118 valence electrons. The largest absolute Gasteiger partial charge is 0.391 e. The zero-order valence-electron chi connectivity index (χ0n) is 12.4. The van der Waals surface area contributed by atoms with E-state index in [1.54, 1.807) is 12.1 Å². The normalized spacial score (nSPS) is 12.3. The first-order valence-electron chi connectivity index (χ1n) is 7.40. The quantitative estimate of drug-likeness (QED) is 0.678. The van der Waals surface area contributed by atoms with E-state index in [4.69, 9.17) is 0 Å². The lowest BCUT2D eigenvalue weighted by Gasteiger charge is -2.11. The van der Waals surface area contributed by atoms with E-state index in [-0.39, 0.29) is 18.3 Å². The van der Waals surface area contributed by atoms with Gasteiger partial charge in [-0.15, -0.1) is 0 Å². The zero-order valence-corrected chi connectivity index (χ0v) is 12.4. The maximum atomic E-state index is 13.2. The molecule has 0 aliphatic heterocycles. The Kier molecular flexibility index (Phi) is 4.39. The van der Waals surface area contributed by atoms with Crippen LogP contribution < -0.4 is 5.32 Å². The number of aliphatic hydroxyl groups excluding tert-OH is 1. The molecule has 0 spiro atoms. The average Bonchev–Trinajstić information content (AvgIpc) is 2.96. The molecule has 5 heteroatoms. The lowest BCUT2D eigenvalue weighted by atomic mass is 10.1. The number of aromatic nitrogens is 1. The number of hydrogen-bond donors (Lipinski definition) is 3. The predicted molar refractivity (Wildman–Crippen MR) is 86.7 cm³/mol. The molecule has 1 atom stereocenters. The number of aromatic amines is 1. The van der Waals surface area contributed by atoms with Crippen molar-refractivity contribution in [1.82, 2.24) is 10.3 Å². The Hall–Kier alpha value is -2.66. The molecular formula is C18H17FN2O2. The molecule has 0 saturated heterocycles. The summed E-state index contributed by atoms with van der Waals surface area (Å²) in [6, 6.07) is 15.5. The summed E-state index contributed by atoms with van der Waals surface area (Å²) in [4.78, 5) is 15.0. The van der Waals surface area contributed by atoms with E-state index in [9.17, 15) is 14.3 Å². The SMILES string of the molecule is O=C(NCC(O)Cc1ccccc1)c1cc2cc(F)ccc2[nH]1. The maximum absolute atomic E-state index is 13.2. The molecule has 0 saturated carbocycles. The third-order valence-corrected chi connectivity index (χ3v) is 3.64. The van der Waals surface area contributed by atoms with Crippen LogP contribution in [0.5, 0.6) is 0 Å². The zero-order chi connectivity index (χ0) is 16.2. The van der Waals surface area contributed by atoms with Gasteiger partial charge in [-0.1, -0.05) is 30.3 Å². The Balaban J connectivity index is 1.59. The van der Waals surface area contributed by atoms with Crippen LogP contribution in [0.4, 0.5) is 4.39 Å². The van der Waals surface area contributed by atoms with Crippen molar-refractivity contribution in [2.45, 2.75) is 12.5 Å². The van der Waals surface area contributed by atoms with E-state index in [2.05, 4.69) is 10.3 Å². The number of hydrogen-bond acceptors (Lipinski definition) is 2. The van der Waals surface area contributed by atoms with Gasteiger partial charge in [0.2, 0.25) is 0 Å². The predicted octanol–water partition coefficient (Wildman–Crippen LogP) is 2.64. The van der Waals surface area contributed by atoms with E-state index in [0.29, 0.717) is 23.0 Å². The lowest BCUT2D eigenvalue weighted by molar-refractivity contribution is 0.0912. The first kappa shape index (κ1) is 15.2. The van der Waals surface area contributed by atoms with Gasteiger partial charge in [-0.05, 0) is 29.8 Å². The minimum Gasteiger partial charge on any atom is -0.391 e. The van der Waals surface area contributed by atoms with Crippen molar-refractivity contribution in [2.24, 2.45) is 0 Å². The number of carbonyl (C=O) groups excluding carboxylic acids is 1. The van der Waals surface area contributed by atoms with Gasteiger partial charge in [0.25, 0.3) is 5.91 Å². The third-order valence-electron chi connectivity index (χ3n) is 3.64. The molecule has 0 radical (unpaired) electrons. The number of benzene rings is 2. The number of aliphatic hydroxyl groups is 1. The molecule has 3 N–H and O–H groups in total. The number of halogens is 1. The summed E-state index contributed by atoms with van der Waals surface area (Å²) in [5, 5.41) is 13.3. The summed E-state index contributed by atoms with van der Waals surface area (Å²) >= 11 is 0. The number of carbonyl (C=O) groups is 1. The Morgan fingerprint density at radius 2 is 1.96 bits per heavy atom. The molecule has 1 aromatic heterocycles. The van der Waals surface area contributed by atoms with Gasteiger partial charge in [-0.2, -0.15) is 0 Å². The molecule has 2 aromatic carbocycles. The monoisotopic (exact) mass is 312 g/mol. The van der Waals surface area contributed by atoms with Gasteiger partial charge in [0.1, 0.15) is 11.5 Å². The highest BCUT2D eigenvalue weighted by molar-refractivity contribution is 5.98. The van der Waals surface area contributed by atoms with Crippen molar-refractivity contribution in [3.63, 3.8) is 0 Å². The number of H-pyrrole nitrogens is 1. The summed E-state index contributed by atoms with van der Waals surface area (Å²) in [7, 11) is 0. The van der Waals surface area contributed by atoms with E-state index < -0.39 is 6.10 Å². The van der Waals surface area contributed by atoms with Crippen LogP contribution in [0.3, 0.4) is 0 Å². The smallest absolute Gasteiger partial charge is 0.267 e. The van der Waals surface area contributed by atoms with Crippen LogP contribution in [-0.2, 0) is 6.42 Å². The van der Waals surface area contributed by atoms with Gasteiger partial charge < -0.3 is 15.4 Å². The molecule has 1 heterocycles. The fourth-order valence-corrected chi connectivity index (χ4v) is 2.49.